The Bertz CT molecular complexity index is 787. The molecular formula is C18H14O5. The fraction of sp³-hybridized carbons (Fsp3) is 0.222. The number of carbonyl (C=O) groups excluding carboxylic acids is 1. The summed E-state index contributed by atoms with van der Waals surface area (Å²) in [4.78, 5) is 24.1. The fourth-order valence-corrected chi connectivity index (χ4v) is 3.13. The van der Waals surface area contributed by atoms with E-state index in [4.69, 9.17) is 9.47 Å². The minimum absolute atomic E-state index is 0.375. The van der Waals surface area contributed by atoms with Crippen molar-refractivity contribution in [2.24, 2.45) is 5.92 Å². The maximum Gasteiger partial charge on any atom is 0.357 e. The number of benzene rings is 1. The first-order chi connectivity index (χ1) is 11.1. The Balaban J connectivity index is 1.65. The normalized spacial score (nSPS) is 28.1. The van der Waals surface area contributed by atoms with Crippen LogP contribution in [0, 0.1) is 5.92 Å². The first-order valence-corrected chi connectivity index (χ1v) is 7.36. The molecule has 0 bridgehead atoms. The quantitative estimate of drug-likeness (QED) is 0.864. The van der Waals surface area contributed by atoms with Crippen molar-refractivity contribution >= 4 is 11.8 Å². The SMILES string of the molecule is O=C(O)C1(Oc2ccccc2)C(=O)C1C1=CCC2=COCC2=C1. The lowest BCUT2D eigenvalue weighted by Crippen LogP contribution is -2.34. The number of rotatable bonds is 4. The first kappa shape index (κ1) is 13.8. The van der Waals surface area contributed by atoms with Crippen molar-refractivity contribution < 1.29 is 24.2 Å². The van der Waals surface area contributed by atoms with Crippen LogP contribution in [0.5, 0.6) is 5.75 Å². The molecule has 23 heavy (non-hydrogen) atoms. The number of aliphatic carboxylic acids is 1. The van der Waals surface area contributed by atoms with Crippen molar-refractivity contribution in [2.75, 3.05) is 6.61 Å². The zero-order valence-electron chi connectivity index (χ0n) is 12.2. The molecule has 1 aromatic carbocycles. The zero-order valence-corrected chi connectivity index (χ0v) is 12.2. The molecule has 0 radical (unpaired) electrons. The van der Waals surface area contributed by atoms with Crippen LogP contribution in [0.25, 0.3) is 0 Å². The van der Waals surface area contributed by atoms with E-state index in [1.807, 2.05) is 12.2 Å². The summed E-state index contributed by atoms with van der Waals surface area (Å²) in [6.45, 7) is 0.465. The molecule has 0 saturated heterocycles. The third-order valence-electron chi connectivity index (χ3n) is 4.40. The van der Waals surface area contributed by atoms with Crippen LogP contribution in [-0.2, 0) is 14.3 Å². The minimum Gasteiger partial charge on any atom is -0.496 e. The molecule has 2 aliphatic carbocycles. The van der Waals surface area contributed by atoms with E-state index in [9.17, 15) is 14.7 Å². The van der Waals surface area contributed by atoms with Gasteiger partial charge in [-0.15, -0.1) is 0 Å². The van der Waals surface area contributed by atoms with Crippen LogP contribution in [0.1, 0.15) is 6.42 Å². The summed E-state index contributed by atoms with van der Waals surface area (Å²) in [6, 6.07) is 8.57. The Kier molecular flexibility index (Phi) is 2.91. The summed E-state index contributed by atoms with van der Waals surface area (Å²) >= 11 is 0. The van der Waals surface area contributed by atoms with Gasteiger partial charge in [-0.2, -0.15) is 0 Å². The lowest BCUT2D eigenvalue weighted by molar-refractivity contribution is -0.149. The second-order valence-corrected chi connectivity index (χ2v) is 5.79. The Hall–Kier alpha value is -2.82. The smallest absolute Gasteiger partial charge is 0.357 e. The number of fused-ring (bicyclic) bond motifs is 1. The molecule has 4 rings (SSSR count). The predicted molar refractivity (Wildman–Crippen MR) is 80.8 cm³/mol. The largest absolute Gasteiger partial charge is 0.496 e. The van der Waals surface area contributed by atoms with Crippen LogP contribution >= 0.6 is 0 Å². The molecule has 1 N–H and O–H groups in total. The van der Waals surface area contributed by atoms with Gasteiger partial charge in [0.25, 0.3) is 5.60 Å². The Labute approximate surface area is 132 Å². The maximum atomic E-state index is 12.4. The van der Waals surface area contributed by atoms with Gasteiger partial charge < -0.3 is 14.6 Å². The highest BCUT2D eigenvalue weighted by Crippen LogP contribution is 2.50. The first-order valence-electron chi connectivity index (χ1n) is 7.36. The van der Waals surface area contributed by atoms with Crippen molar-refractivity contribution in [1.29, 1.82) is 0 Å². The molecule has 1 aromatic rings. The highest BCUT2D eigenvalue weighted by atomic mass is 16.5. The average Bonchev–Trinajstić information content (AvgIpc) is 2.93. The van der Waals surface area contributed by atoms with Gasteiger partial charge in [-0.25, -0.2) is 4.79 Å². The van der Waals surface area contributed by atoms with Gasteiger partial charge in [-0.1, -0.05) is 30.4 Å². The van der Waals surface area contributed by atoms with Gasteiger partial charge in [-0.3, -0.25) is 4.79 Å². The number of allylic oxidation sites excluding steroid dienone is 2. The molecule has 2 unspecified atom stereocenters. The summed E-state index contributed by atoms with van der Waals surface area (Å²) < 4.78 is 10.9. The van der Waals surface area contributed by atoms with E-state index < -0.39 is 23.3 Å². The number of Topliss-reactive ketones (excluding diaryl/α,β-unsaturated/α-hetero) is 1. The summed E-state index contributed by atoms with van der Waals surface area (Å²) in [5.74, 6) is -2.06. The Morgan fingerprint density at radius 2 is 2.04 bits per heavy atom. The van der Waals surface area contributed by atoms with Gasteiger partial charge in [0.2, 0.25) is 5.78 Å². The molecular weight excluding hydrogens is 296 g/mol. The summed E-state index contributed by atoms with van der Waals surface area (Å²) in [5.41, 5.74) is 0.962. The number of para-hydroxylation sites is 1. The zero-order chi connectivity index (χ0) is 16.0. The number of carbonyl (C=O) groups is 2. The predicted octanol–water partition coefficient (Wildman–Crippen LogP) is 2.26. The summed E-state index contributed by atoms with van der Waals surface area (Å²) in [7, 11) is 0. The van der Waals surface area contributed by atoms with Gasteiger partial charge in [-0.05, 0) is 35.3 Å². The van der Waals surface area contributed by atoms with Gasteiger partial charge in [0, 0.05) is 0 Å². The molecule has 0 aromatic heterocycles. The van der Waals surface area contributed by atoms with Crippen LogP contribution < -0.4 is 4.74 Å². The van der Waals surface area contributed by atoms with Gasteiger partial charge in [0.1, 0.15) is 18.3 Å². The molecule has 5 heteroatoms. The lowest BCUT2D eigenvalue weighted by Gasteiger charge is -2.15. The molecule has 2 atom stereocenters. The molecule has 1 aliphatic heterocycles. The van der Waals surface area contributed by atoms with Crippen molar-refractivity contribution in [1.82, 2.24) is 0 Å². The van der Waals surface area contributed by atoms with Crippen LogP contribution in [0.4, 0.5) is 0 Å². The second kappa shape index (κ2) is 4.84. The molecule has 0 amide bonds. The summed E-state index contributed by atoms with van der Waals surface area (Å²) in [5, 5.41) is 9.59. The second-order valence-electron chi connectivity index (χ2n) is 5.79. The number of ether oxygens (including phenoxy) is 2. The van der Waals surface area contributed by atoms with E-state index in [-0.39, 0.29) is 0 Å². The molecule has 1 heterocycles. The van der Waals surface area contributed by atoms with E-state index in [1.54, 1.807) is 36.6 Å². The topological polar surface area (TPSA) is 72.8 Å². The number of hydrogen-bond donors (Lipinski definition) is 1. The Morgan fingerprint density at radius 1 is 1.26 bits per heavy atom. The summed E-state index contributed by atoms with van der Waals surface area (Å²) in [6.07, 6.45) is 6.08. The third kappa shape index (κ3) is 2.00. The number of ketones is 1. The van der Waals surface area contributed by atoms with E-state index in [2.05, 4.69) is 0 Å². The van der Waals surface area contributed by atoms with Crippen molar-refractivity contribution in [3.63, 3.8) is 0 Å². The average molecular weight is 310 g/mol. The highest BCUT2D eigenvalue weighted by Gasteiger charge is 2.75. The van der Waals surface area contributed by atoms with Crippen LogP contribution in [0.2, 0.25) is 0 Å². The van der Waals surface area contributed by atoms with Gasteiger partial charge in [0.05, 0.1) is 6.26 Å². The minimum atomic E-state index is -1.81. The number of carboxylic acid groups (broad SMARTS) is 1. The monoisotopic (exact) mass is 310 g/mol. The fourth-order valence-electron chi connectivity index (χ4n) is 3.13. The number of hydrogen-bond acceptors (Lipinski definition) is 4. The van der Waals surface area contributed by atoms with E-state index in [1.165, 1.54) is 0 Å². The van der Waals surface area contributed by atoms with Crippen LogP contribution in [0.3, 0.4) is 0 Å². The van der Waals surface area contributed by atoms with Crippen LogP contribution in [0.15, 0.2) is 65.5 Å². The van der Waals surface area contributed by atoms with E-state index >= 15 is 0 Å². The molecule has 1 fully saturated rings. The standard InChI is InChI=1S/C18H14O5/c19-16-15(11-6-7-12-9-22-10-13(12)8-11)18(16,17(20)21)23-14-4-2-1-3-5-14/h1-6,8-9,15H,7,10H2,(H,20,21). The number of carboxylic acids is 1. The maximum absolute atomic E-state index is 12.4. The van der Waals surface area contributed by atoms with E-state index in [0.717, 1.165) is 11.1 Å². The molecule has 5 nitrogen and oxygen atoms in total. The molecule has 1 saturated carbocycles. The molecule has 0 spiro atoms. The van der Waals surface area contributed by atoms with Gasteiger partial charge >= 0.3 is 5.97 Å². The highest BCUT2D eigenvalue weighted by molar-refractivity contribution is 6.25. The lowest BCUT2D eigenvalue weighted by atomic mass is 9.93. The Morgan fingerprint density at radius 3 is 2.78 bits per heavy atom. The van der Waals surface area contributed by atoms with Crippen molar-refractivity contribution in [2.45, 2.75) is 12.0 Å². The van der Waals surface area contributed by atoms with Gasteiger partial charge in [0.15, 0.2) is 0 Å². The van der Waals surface area contributed by atoms with Crippen molar-refractivity contribution in [3.05, 3.63) is 65.5 Å². The molecule has 3 aliphatic rings. The van der Waals surface area contributed by atoms with Crippen LogP contribution in [-0.4, -0.2) is 29.1 Å². The van der Waals surface area contributed by atoms with Crippen molar-refractivity contribution in [3.8, 4) is 5.75 Å². The van der Waals surface area contributed by atoms with E-state index in [0.29, 0.717) is 24.4 Å². The third-order valence-corrected chi connectivity index (χ3v) is 4.40. The molecule has 116 valence electrons.